The maximum atomic E-state index is 13.1. The zero-order valence-corrected chi connectivity index (χ0v) is 12.5. The van der Waals surface area contributed by atoms with Gasteiger partial charge in [-0.2, -0.15) is 0 Å². The van der Waals surface area contributed by atoms with Crippen molar-refractivity contribution in [3.05, 3.63) is 34.1 Å². The first kappa shape index (κ1) is 14.5. The molecule has 2 rings (SSSR count). The van der Waals surface area contributed by atoms with E-state index in [2.05, 4.69) is 33.1 Å². The number of nitrogens with one attached hydrogen (secondary N) is 1. The van der Waals surface area contributed by atoms with Gasteiger partial charge in [0.05, 0.1) is 4.47 Å². The monoisotopic (exact) mass is 328 g/mol. The predicted molar refractivity (Wildman–Crippen MR) is 76.7 cm³/mol. The van der Waals surface area contributed by atoms with Crippen LogP contribution in [0.2, 0.25) is 0 Å². The fourth-order valence-corrected chi connectivity index (χ4v) is 2.68. The summed E-state index contributed by atoms with van der Waals surface area (Å²) in [6.07, 6.45) is 1.95. The molecule has 1 heterocycles. The van der Waals surface area contributed by atoms with Crippen molar-refractivity contribution in [1.29, 1.82) is 0 Å². The molecule has 0 aliphatic carbocycles. The summed E-state index contributed by atoms with van der Waals surface area (Å²) in [7, 11) is 0. The quantitative estimate of drug-likeness (QED) is 0.925. The number of nitrogens with zero attached hydrogens (tertiary/aromatic N) is 1. The zero-order chi connectivity index (χ0) is 13.8. The fourth-order valence-electron chi connectivity index (χ4n) is 2.30. The Kier molecular flexibility index (Phi) is 4.93. The Labute approximate surface area is 121 Å². The number of carbonyl (C=O) groups excluding carboxylic acids is 1. The summed E-state index contributed by atoms with van der Waals surface area (Å²) >= 11 is 3.10. The lowest BCUT2D eigenvalue weighted by Crippen LogP contribution is -2.44. The third-order valence-corrected chi connectivity index (χ3v) is 4.16. The standard InChI is InChI=1S/C14H18BrFN2O/c1-2-18-7-5-11(6-8-18)17-14(19)10-3-4-13(16)12(15)9-10/h3-4,9,11H,2,5-8H2,1H3,(H,17,19). The summed E-state index contributed by atoms with van der Waals surface area (Å²) in [4.78, 5) is 14.4. The van der Waals surface area contributed by atoms with E-state index >= 15 is 0 Å². The first-order valence-electron chi connectivity index (χ1n) is 6.58. The molecule has 1 aliphatic rings. The Balaban J connectivity index is 1.92. The van der Waals surface area contributed by atoms with E-state index in [0.717, 1.165) is 32.5 Å². The molecule has 1 N–H and O–H groups in total. The highest BCUT2D eigenvalue weighted by molar-refractivity contribution is 9.10. The molecule has 1 aromatic carbocycles. The lowest BCUT2D eigenvalue weighted by molar-refractivity contribution is 0.0912. The van der Waals surface area contributed by atoms with Crippen LogP contribution in [0, 0.1) is 5.82 Å². The Morgan fingerprint density at radius 1 is 1.47 bits per heavy atom. The van der Waals surface area contributed by atoms with E-state index in [1.54, 1.807) is 0 Å². The topological polar surface area (TPSA) is 32.3 Å². The van der Waals surface area contributed by atoms with Crippen LogP contribution in [0.15, 0.2) is 22.7 Å². The number of likely N-dealkylation sites (tertiary alicyclic amines) is 1. The summed E-state index contributed by atoms with van der Waals surface area (Å²) in [5.41, 5.74) is 0.492. The Morgan fingerprint density at radius 3 is 2.74 bits per heavy atom. The van der Waals surface area contributed by atoms with Gasteiger partial charge in [0.2, 0.25) is 0 Å². The Morgan fingerprint density at radius 2 is 2.16 bits per heavy atom. The van der Waals surface area contributed by atoms with Gasteiger partial charge in [0.25, 0.3) is 5.91 Å². The second kappa shape index (κ2) is 6.48. The van der Waals surface area contributed by atoms with Gasteiger partial charge in [-0.3, -0.25) is 4.79 Å². The lowest BCUT2D eigenvalue weighted by Gasteiger charge is -2.31. The molecule has 0 spiro atoms. The van der Waals surface area contributed by atoms with Gasteiger partial charge in [0, 0.05) is 24.7 Å². The third-order valence-electron chi connectivity index (χ3n) is 3.55. The summed E-state index contributed by atoms with van der Waals surface area (Å²) < 4.78 is 13.4. The number of hydrogen-bond donors (Lipinski definition) is 1. The van der Waals surface area contributed by atoms with Crippen molar-refractivity contribution in [2.45, 2.75) is 25.8 Å². The molecule has 5 heteroatoms. The first-order chi connectivity index (χ1) is 9.10. The molecule has 0 radical (unpaired) electrons. The van der Waals surface area contributed by atoms with Crippen molar-refractivity contribution in [2.24, 2.45) is 0 Å². The van der Waals surface area contributed by atoms with Crippen molar-refractivity contribution >= 4 is 21.8 Å². The third kappa shape index (κ3) is 3.76. The van der Waals surface area contributed by atoms with Crippen molar-refractivity contribution in [3.63, 3.8) is 0 Å². The molecule has 1 amide bonds. The summed E-state index contributed by atoms with van der Waals surface area (Å²) in [5.74, 6) is -0.483. The van der Waals surface area contributed by atoms with Crippen LogP contribution >= 0.6 is 15.9 Å². The van der Waals surface area contributed by atoms with Crippen LogP contribution in [0.5, 0.6) is 0 Å². The smallest absolute Gasteiger partial charge is 0.251 e. The van der Waals surface area contributed by atoms with E-state index in [-0.39, 0.29) is 17.8 Å². The largest absolute Gasteiger partial charge is 0.349 e. The number of carbonyl (C=O) groups is 1. The van der Waals surface area contributed by atoms with Gasteiger partial charge in [-0.1, -0.05) is 6.92 Å². The van der Waals surface area contributed by atoms with Crippen LogP contribution in [0.3, 0.4) is 0 Å². The Hall–Kier alpha value is -0.940. The van der Waals surface area contributed by atoms with Gasteiger partial charge >= 0.3 is 0 Å². The highest BCUT2D eigenvalue weighted by atomic mass is 79.9. The average molecular weight is 329 g/mol. The molecule has 1 saturated heterocycles. The molecule has 1 fully saturated rings. The molecule has 0 saturated carbocycles. The van der Waals surface area contributed by atoms with Crippen molar-refractivity contribution in [3.8, 4) is 0 Å². The van der Waals surface area contributed by atoms with Gasteiger partial charge < -0.3 is 10.2 Å². The average Bonchev–Trinajstić information content (AvgIpc) is 2.42. The van der Waals surface area contributed by atoms with Gasteiger partial charge in [-0.15, -0.1) is 0 Å². The second-order valence-electron chi connectivity index (χ2n) is 4.81. The summed E-state index contributed by atoms with van der Waals surface area (Å²) in [6.45, 7) is 5.25. The van der Waals surface area contributed by atoms with E-state index in [1.807, 2.05) is 0 Å². The molecule has 0 unspecified atom stereocenters. The minimum absolute atomic E-state index is 0.129. The molecule has 0 bridgehead atoms. The second-order valence-corrected chi connectivity index (χ2v) is 5.67. The number of hydrogen-bond acceptors (Lipinski definition) is 2. The Bertz CT molecular complexity index is 459. The maximum absolute atomic E-state index is 13.1. The van der Waals surface area contributed by atoms with Crippen LogP contribution in [-0.2, 0) is 0 Å². The number of rotatable bonds is 3. The molecule has 3 nitrogen and oxygen atoms in total. The first-order valence-corrected chi connectivity index (χ1v) is 7.37. The highest BCUT2D eigenvalue weighted by Crippen LogP contribution is 2.17. The lowest BCUT2D eigenvalue weighted by atomic mass is 10.0. The van der Waals surface area contributed by atoms with E-state index in [4.69, 9.17) is 0 Å². The van der Waals surface area contributed by atoms with E-state index in [9.17, 15) is 9.18 Å². The van der Waals surface area contributed by atoms with Crippen LogP contribution in [0.4, 0.5) is 4.39 Å². The number of amides is 1. The molecule has 104 valence electrons. The number of piperidine rings is 1. The predicted octanol–water partition coefficient (Wildman–Crippen LogP) is 2.80. The van der Waals surface area contributed by atoms with E-state index < -0.39 is 0 Å². The number of halogens is 2. The number of benzene rings is 1. The van der Waals surface area contributed by atoms with E-state index in [0.29, 0.717) is 10.0 Å². The van der Waals surface area contributed by atoms with Crippen LogP contribution in [0.25, 0.3) is 0 Å². The molecule has 1 aliphatic heterocycles. The zero-order valence-electron chi connectivity index (χ0n) is 11.0. The van der Waals surface area contributed by atoms with Gasteiger partial charge in [0.15, 0.2) is 0 Å². The fraction of sp³-hybridized carbons (Fsp3) is 0.500. The molecule has 19 heavy (non-hydrogen) atoms. The van der Waals surface area contributed by atoms with Crippen molar-refractivity contribution in [1.82, 2.24) is 10.2 Å². The summed E-state index contributed by atoms with van der Waals surface area (Å²) in [6, 6.07) is 4.56. The van der Waals surface area contributed by atoms with Gasteiger partial charge in [0.1, 0.15) is 5.82 Å². The van der Waals surface area contributed by atoms with Crippen LogP contribution in [-0.4, -0.2) is 36.5 Å². The molecule has 0 aromatic heterocycles. The van der Waals surface area contributed by atoms with Crippen LogP contribution < -0.4 is 5.32 Å². The minimum Gasteiger partial charge on any atom is -0.349 e. The van der Waals surface area contributed by atoms with Gasteiger partial charge in [-0.05, 0) is 53.5 Å². The molecular weight excluding hydrogens is 311 g/mol. The van der Waals surface area contributed by atoms with E-state index in [1.165, 1.54) is 18.2 Å². The van der Waals surface area contributed by atoms with Gasteiger partial charge in [-0.25, -0.2) is 4.39 Å². The van der Waals surface area contributed by atoms with Crippen LogP contribution in [0.1, 0.15) is 30.1 Å². The minimum atomic E-state index is -0.354. The summed E-state index contributed by atoms with van der Waals surface area (Å²) in [5, 5.41) is 3.02. The normalized spacial score (nSPS) is 17.4. The maximum Gasteiger partial charge on any atom is 0.251 e. The SMILES string of the molecule is CCN1CCC(NC(=O)c2ccc(F)c(Br)c2)CC1. The van der Waals surface area contributed by atoms with Crippen molar-refractivity contribution < 1.29 is 9.18 Å². The molecule has 1 aromatic rings. The molecule has 0 atom stereocenters. The molecular formula is C14H18BrFN2O. The highest BCUT2D eigenvalue weighted by Gasteiger charge is 2.20. The van der Waals surface area contributed by atoms with Crippen molar-refractivity contribution in [2.75, 3.05) is 19.6 Å².